The second kappa shape index (κ2) is 7.53. The first kappa shape index (κ1) is 18.9. The van der Waals surface area contributed by atoms with E-state index in [-0.39, 0.29) is 17.9 Å². The number of hydrogen-bond acceptors (Lipinski definition) is 4. The third-order valence-corrected chi connectivity index (χ3v) is 8.22. The van der Waals surface area contributed by atoms with Crippen LogP contribution in [-0.2, 0) is 14.8 Å². The maximum Gasteiger partial charge on any atom is 0.243 e. The van der Waals surface area contributed by atoms with E-state index in [9.17, 15) is 13.2 Å². The van der Waals surface area contributed by atoms with E-state index in [2.05, 4.69) is 10.6 Å². The van der Waals surface area contributed by atoms with Gasteiger partial charge in [-0.3, -0.25) is 4.79 Å². The third-order valence-electron chi connectivity index (χ3n) is 6.30. The summed E-state index contributed by atoms with van der Waals surface area (Å²) in [4.78, 5) is 13.0. The molecule has 0 aliphatic carbocycles. The van der Waals surface area contributed by atoms with Crippen LogP contribution in [0.2, 0.25) is 0 Å². The molecular formula is C20H29N3O3S. The summed E-state index contributed by atoms with van der Waals surface area (Å²) in [6.45, 7) is 2.76. The first-order valence-electron chi connectivity index (χ1n) is 10.0. The number of nitrogens with one attached hydrogen (secondary N) is 2. The standard InChI is InChI=1S/C20H29N3O3S/c1-14-2-6-19(7-3-14)27(25,26)23-10-8-15(9-11-23)20(24)22-18-12-16-4-5-17(13-18)21-16/h2-3,6-7,15-18,21H,4-5,8-13H2,1H3,(H,22,24). The number of aryl methyl sites for hydroxylation is 1. The summed E-state index contributed by atoms with van der Waals surface area (Å²) in [6, 6.07) is 8.33. The van der Waals surface area contributed by atoms with Gasteiger partial charge in [-0.2, -0.15) is 4.31 Å². The van der Waals surface area contributed by atoms with E-state index in [1.165, 1.54) is 17.1 Å². The van der Waals surface area contributed by atoms with Crippen molar-refractivity contribution < 1.29 is 13.2 Å². The van der Waals surface area contributed by atoms with Gasteiger partial charge < -0.3 is 10.6 Å². The summed E-state index contributed by atoms with van der Waals surface area (Å²) in [5.41, 5.74) is 1.04. The molecule has 0 saturated carbocycles. The number of fused-ring (bicyclic) bond motifs is 2. The zero-order chi connectivity index (χ0) is 19.0. The van der Waals surface area contributed by atoms with Gasteiger partial charge >= 0.3 is 0 Å². The van der Waals surface area contributed by atoms with Gasteiger partial charge in [0.05, 0.1) is 4.90 Å². The number of sulfonamides is 1. The average Bonchev–Trinajstić information content (AvgIpc) is 3.00. The Morgan fingerprint density at radius 2 is 1.63 bits per heavy atom. The predicted octanol–water partition coefficient (Wildman–Crippen LogP) is 1.79. The Hall–Kier alpha value is -1.44. The monoisotopic (exact) mass is 391 g/mol. The second-order valence-electron chi connectivity index (χ2n) is 8.31. The van der Waals surface area contributed by atoms with E-state index in [1.54, 1.807) is 12.1 Å². The van der Waals surface area contributed by atoms with Crippen LogP contribution in [0.4, 0.5) is 0 Å². The molecule has 2 bridgehead atoms. The third kappa shape index (κ3) is 4.05. The van der Waals surface area contributed by atoms with Crippen molar-refractivity contribution >= 4 is 15.9 Å². The Morgan fingerprint density at radius 3 is 2.22 bits per heavy atom. The molecule has 2 atom stereocenters. The van der Waals surface area contributed by atoms with Gasteiger partial charge in [-0.15, -0.1) is 0 Å². The molecule has 7 heteroatoms. The van der Waals surface area contributed by atoms with Crippen molar-refractivity contribution in [1.82, 2.24) is 14.9 Å². The van der Waals surface area contributed by atoms with Crippen LogP contribution < -0.4 is 10.6 Å². The number of rotatable bonds is 4. The normalized spacial score (nSPS) is 29.6. The molecule has 27 heavy (non-hydrogen) atoms. The maximum atomic E-state index is 12.8. The highest BCUT2D eigenvalue weighted by atomic mass is 32.2. The minimum atomic E-state index is -3.47. The molecule has 3 aliphatic rings. The summed E-state index contributed by atoms with van der Waals surface area (Å²) in [6.07, 6.45) is 5.65. The van der Waals surface area contributed by atoms with E-state index in [0.29, 0.717) is 42.9 Å². The lowest BCUT2D eigenvalue weighted by Crippen LogP contribution is -2.50. The molecule has 3 fully saturated rings. The largest absolute Gasteiger partial charge is 0.353 e. The zero-order valence-electron chi connectivity index (χ0n) is 15.9. The van der Waals surface area contributed by atoms with E-state index in [4.69, 9.17) is 0 Å². The topological polar surface area (TPSA) is 78.5 Å². The molecule has 3 aliphatic heterocycles. The Morgan fingerprint density at radius 1 is 1.04 bits per heavy atom. The molecule has 2 unspecified atom stereocenters. The van der Waals surface area contributed by atoms with Crippen LogP contribution >= 0.6 is 0 Å². The summed E-state index contributed by atoms with van der Waals surface area (Å²) >= 11 is 0. The van der Waals surface area contributed by atoms with Gasteiger partial charge in [0.25, 0.3) is 0 Å². The van der Waals surface area contributed by atoms with Crippen molar-refractivity contribution in [3.63, 3.8) is 0 Å². The van der Waals surface area contributed by atoms with Gasteiger partial charge in [0, 0.05) is 37.1 Å². The van der Waals surface area contributed by atoms with E-state index in [0.717, 1.165) is 18.4 Å². The number of amides is 1. The Balaban J connectivity index is 1.32. The fraction of sp³-hybridized carbons (Fsp3) is 0.650. The fourth-order valence-corrected chi connectivity index (χ4v) is 6.18. The summed E-state index contributed by atoms with van der Waals surface area (Å²) < 4.78 is 27.1. The molecule has 0 spiro atoms. The van der Waals surface area contributed by atoms with Gasteiger partial charge in [0.1, 0.15) is 0 Å². The molecule has 2 N–H and O–H groups in total. The molecule has 4 rings (SSSR count). The number of benzene rings is 1. The summed E-state index contributed by atoms with van der Waals surface area (Å²) in [7, 11) is -3.47. The summed E-state index contributed by atoms with van der Waals surface area (Å²) in [5.74, 6) is 0.0238. The van der Waals surface area contributed by atoms with Gasteiger partial charge in [0.15, 0.2) is 0 Å². The van der Waals surface area contributed by atoms with Gasteiger partial charge in [-0.05, 0) is 57.6 Å². The highest BCUT2D eigenvalue weighted by Gasteiger charge is 2.36. The lowest BCUT2D eigenvalue weighted by Gasteiger charge is -2.33. The van der Waals surface area contributed by atoms with Crippen LogP contribution in [0, 0.1) is 12.8 Å². The highest BCUT2D eigenvalue weighted by molar-refractivity contribution is 7.89. The van der Waals surface area contributed by atoms with Crippen molar-refractivity contribution in [3.05, 3.63) is 29.8 Å². The quantitative estimate of drug-likeness (QED) is 0.820. The van der Waals surface area contributed by atoms with Crippen LogP contribution in [0.15, 0.2) is 29.2 Å². The van der Waals surface area contributed by atoms with E-state index < -0.39 is 10.0 Å². The maximum absolute atomic E-state index is 12.8. The van der Waals surface area contributed by atoms with Crippen molar-refractivity contribution in [1.29, 1.82) is 0 Å². The SMILES string of the molecule is Cc1ccc(S(=O)(=O)N2CCC(C(=O)NC3CC4CCC(C3)N4)CC2)cc1. The molecule has 1 aromatic carbocycles. The molecule has 3 saturated heterocycles. The lowest BCUT2D eigenvalue weighted by atomic mass is 9.94. The van der Waals surface area contributed by atoms with Gasteiger partial charge in [-0.25, -0.2) is 8.42 Å². The minimum absolute atomic E-state index is 0.0815. The van der Waals surface area contributed by atoms with Crippen LogP contribution in [0.25, 0.3) is 0 Å². The molecular weight excluding hydrogens is 362 g/mol. The van der Waals surface area contributed by atoms with Crippen LogP contribution in [0.1, 0.15) is 44.1 Å². The minimum Gasteiger partial charge on any atom is -0.353 e. The van der Waals surface area contributed by atoms with Crippen LogP contribution in [0.3, 0.4) is 0 Å². The van der Waals surface area contributed by atoms with Gasteiger partial charge in [0.2, 0.25) is 15.9 Å². The number of hydrogen-bond donors (Lipinski definition) is 2. The van der Waals surface area contributed by atoms with Crippen molar-refractivity contribution in [2.45, 2.75) is 68.5 Å². The average molecular weight is 392 g/mol. The molecule has 0 aromatic heterocycles. The Bertz CT molecular complexity index is 773. The first-order chi connectivity index (χ1) is 12.9. The number of piperidine rings is 2. The smallest absolute Gasteiger partial charge is 0.243 e. The fourth-order valence-electron chi connectivity index (χ4n) is 4.71. The number of carbonyl (C=O) groups excluding carboxylic acids is 1. The summed E-state index contributed by atoms with van der Waals surface area (Å²) in [5, 5.41) is 6.82. The molecule has 3 heterocycles. The van der Waals surface area contributed by atoms with Crippen molar-refractivity contribution in [3.8, 4) is 0 Å². The predicted molar refractivity (Wildman–Crippen MR) is 104 cm³/mol. The molecule has 148 valence electrons. The van der Waals surface area contributed by atoms with Gasteiger partial charge in [-0.1, -0.05) is 17.7 Å². The zero-order valence-corrected chi connectivity index (χ0v) is 16.7. The van der Waals surface area contributed by atoms with E-state index in [1.807, 2.05) is 19.1 Å². The molecule has 6 nitrogen and oxygen atoms in total. The Labute approximate surface area is 161 Å². The lowest BCUT2D eigenvalue weighted by molar-refractivity contribution is -0.127. The first-order valence-corrected chi connectivity index (χ1v) is 11.5. The number of carbonyl (C=O) groups is 1. The number of nitrogens with zero attached hydrogens (tertiary/aromatic N) is 1. The Kier molecular flexibility index (Phi) is 5.27. The molecule has 1 amide bonds. The molecule has 1 aromatic rings. The van der Waals surface area contributed by atoms with E-state index >= 15 is 0 Å². The van der Waals surface area contributed by atoms with Crippen molar-refractivity contribution in [2.24, 2.45) is 5.92 Å². The van der Waals surface area contributed by atoms with Crippen molar-refractivity contribution in [2.75, 3.05) is 13.1 Å². The molecule has 0 radical (unpaired) electrons. The van der Waals surface area contributed by atoms with Crippen LogP contribution in [-0.4, -0.2) is 49.8 Å². The van der Waals surface area contributed by atoms with Crippen LogP contribution in [0.5, 0.6) is 0 Å². The highest BCUT2D eigenvalue weighted by Crippen LogP contribution is 2.28. The second-order valence-corrected chi connectivity index (χ2v) is 10.2.